The zero-order valence-corrected chi connectivity index (χ0v) is 20.0. The summed E-state index contributed by atoms with van der Waals surface area (Å²) in [5, 5.41) is 2.60. The molecule has 3 amide bonds. The first kappa shape index (κ1) is 24.3. The number of carbonyl (C=O) groups excluding carboxylic acids is 4. The number of benzene rings is 2. The number of hydrogen-bond acceptors (Lipinski definition) is 7. The molecule has 1 N–H and O–H groups in total. The van der Waals surface area contributed by atoms with Gasteiger partial charge in [0, 0.05) is 22.3 Å². The van der Waals surface area contributed by atoms with Gasteiger partial charge in [-0.1, -0.05) is 23.7 Å². The molecule has 10 heteroatoms. The Balaban J connectivity index is 1.42. The zero-order chi connectivity index (χ0) is 24.9. The average molecular weight is 511 g/mol. The number of thioether (sulfide) groups is 1. The van der Waals surface area contributed by atoms with Crippen LogP contribution >= 0.6 is 23.4 Å². The molecule has 1 aromatic heterocycles. The summed E-state index contributed by atoms with van der Waals surface area (Å²) in [6.07, 6.45) is 1.46. The highest BCUT2D eigenvalue weighted by Crippen LogP contribution is 2.33. The number of anilines is 1. The molecule has 0 aliphatic carbocycles. The maximum Gasteiger partial charge on any atom is 0.338 e. The maximum absolute atomic E-state index is 12.7. The normalized spacial score (nSPS) is 14.5. The van der Waals surface area contributed by atoms with Crippen LogP contribution in [0.5, 0.6) is 0 Å². The Morgan fingerprint density at radius 3 is 2.46 bits per heavy atom. The highest BCUT2D eigenvalue weighted by atomic mass is 35.5. The van der Waals surface area contributed by atoms with E-state index in [9.17, 15) is 19.2 Å². The third kappa shape index (κ3) is 5.82. The van der Waals surface area contributed by atoms with Crippen molar-refractivity contribution >= 4 is 58.1 Å². The molecule has 1 aliphatic rings. The number of esters is 1. The number of halogens is 1. The van der Waals surface area contributed by atoms with E-state index < -0.39 is 29.6 Å². The summed E-state index contributed by atoms with van der Waals surface area (Å²) in [5.74, 6) is -0.610. The van der Waals surface area contributed by atoms with Crippen molar-refractivity contribution in [2.24, 2.45) is 0 Å². The molecule has 3 aromatic rings. The fourth-order valence-electron chi connectivity index (χ4n) is 3.21. The molecular weight excluding hydrogens is 492 g/mol. The first-order chi connectivity index (χ1) is 16.8. The molecule has 1 aliphatic heterocycles. The summed E-state index contributed by atoms with van der Waals surface area (Å²) in [6.45, 7) is 1.61. The van der Waals surface area contributed by atoms with Crippen LogP contribution in [-0.2, 0) is 14.3 Å². The Morgan fingerprint density at radius 2 is 1.77 bits per heavy atom. The Labute approximate surface area is 209 Å². The van der Waals surface area contributed by atoms with Crippen LogP contribution in [0.4, 0.5) is 10.5 Å². The maximum atomic E-state index is 12.7. The molecule has 35 heavy (non-hydrogen) atoms. The molecule has 8 nitrogen and oxygen atoms in total. The van der Waals surface area contributed by atoms with Crippen LogP contribution in [0.2, 0.25) is 5.02 Å². The number of ether oxygens (including phenoxy) is 1. The van der Waals surface area contributed by atoms with Crippen molar-refractivity contribution in [3.8, 4) is 11.3 Å². The first-order valence-electron chi connectivity index (χ1n) is 10.5. The summed E-state index contributed by atoms with van der Waals surface area (Å²) in [7, 11) is 0. The summed E-state index contributed by atoms with van der Waals surface area (Å²) in [6, 6.07) is 16.6. The number of furan rings is 1. The van der Waals surface area contributed by atoms with Crippen LogP contribution in [-0.4, -0.2) is 41.1 Å². The van der Waals surface area contributed by atoms with Crippen molar-refractivity contribution in [2.45, 2.75) is 6.92 Å². The van der Waals surface area contributed by atoms with Crippen LogP contribution in [0.15, 0.2) is 70.0 Å². The van der Waals surface area contributed by atoms with Crippen molar-refractivity contribution in [1.82, 2.24) is 4.90 Å². The van der Waals surface area contributed by atoms with Crippen molar-refractivity contribution in [3.63, 3.8) is 0 Å². The van der Waals surface area contributed by atoms with E-state index >= 15 is 0 Å². The van der Waals surface area contributed by atoms with E-state index in [0.29, 0.717) is 34.4 Å². The Morgan fingerprint density at radius 1 is 1.06 bits per heavy atom. The zero-order valence-electron chi connectivity index (χ0n) is 18.4. The molecule has 2 heterocycles. The van der Waals surface area contributed by atoms with Gasteiger partial charge in [-0.25, -0.2) is 4.79 Å². The summed E-state index contributed by atoms with van der Waals surface area (Å²) in [5.41, 5.74) is 1.65. The number of carbonyl (C=O) groups is 4. The predicted octanol–water partition coefficient (Wildman–Crippen LogP) is 5.45. The highest BCUT2D eigenvalue weighted by molar-refractivity contribution is 8.18. The SMILES string of the molecule is CCOC(=O)c1ccc(-c2ccc(/C=C3/SC(=O)N(CC(=O)Nc4ccc(Cl)cc4)C3=O)o2)cc1. The lowest BCUT2D eigenvalue weighted by molar-refractivity contribution is -0.127. The smallest absolute Gasteiger partial charge is 0.338 e. The summed E-state index contributed by atoms with van der Waals surface area (Å²) >= 11 is 6.56. The van der Waals surface area contributed by atoms with Crippen molar-refractivity contribution in [2.75, 3.05) is 18.5 Å². The lowest BCUT2D eigenvalue weighted by atomic mass is 10.1. The first-order valence-corrected chi connectivity index (χ1v) is 11.7. The molecule has 2 aromatic carbocycles. The number of amides is 3. The van der Waals surface area contributed by atoms with Gasteiger partial charge < -0.3 is 14.5 Å². The third-order valence-corrected chi connectivity index (χ3v) is 6.04. The minimum absolute atomic E-state index is 0.146. The molecule has 1 saturated heterocycles. The average Bonchev–Trinajstić information content (AvgIpc) is 3.41. The molecule has 4 rings (SSSR count). The van der Waals surface area contributed by atoms with Gasteiger partial charge in [0.25, 0.3) is 11.1 Å². The van der Waals surface area contributed by atoms with Crippen molar-refractivity contribution in [1.29, 1.82) is 0 Å². The van der Waals surface area contributed by atoms with E-state index in [1.54, 1.807) is 67.6 Å². The third-order valence-electron chi connectivity index (χ3n) is 4.88. The Bertz CT molecular complexity index is 1310. The molecule has 0 radical (unpaired) electrons. The molecule has 0 unspecified atom stereocenters. The van der Waals surface area contributed by atoms with Crippen LogP contribution in [0, 0.1) is 0 Å². The molecule has 0 bridgehead atoms. The van der Waals surface area contributed by atoms with E-state index in [-0.39, 0.29) is 4.91 Å². The Kier molecular flexibility index (Phi) is 7.38. The lowest BCUT2D eigenvalue weighted by Crippen LogP contribution is -2.36. The monoisotopic (exact) mass is 510 g/mol. The van der Waals surface area contributed by atoms with Crippen LogP contribution in [0.25, 0.3) is 17.4 Å². The van der Waals surface area contributed by atoms with Crippen LogP contribution in [0.3, 0.4) is 0 Å². The van der Waals surface area contributed by atoms with E-state index in [2.05, 4.69) is 5.32 Å². The topological polar surface area (TPSA) is 106 Å². The Hall–Kier alpha value is -3.82. The highest BCUT2D eigenvalue weighted by Gasteiger charge is 2.36. The van der Waals surface area contributed by atoms with Gasteiger partial charge in [-0.15, -0.1) is 0 Å². The lowest BCUT2D eigenvalue weighted by Gasteiger charge is -2.12. The predicted molar refractivity (Wildman–Crippen MR) is 133 cm³/mol. The van der Waals surface area contributed by atoms with Crippen molar-refractivity contribution < 1.29 is 28.3 Å². The molecule has 178 valence electrons. The van der Waals surface area contributed by atoms with E-state index in [1.165, 1.54) is 6.08 Å². The van der Waals surface area contributed by atoms with Gasteiger partial charge in [-0.2, -0.15) is 0 Å². The molecule has 0 spiro atoms. The second-order valence-electron chi connectivity index (χ2n) is 7.32. The number of hydrogen-bond donors (Lipinski definition) is 1. The number of imide groups is 1. The van der Waals surface area contributed by atoms with Gasteiger partial charge in [-0.05, 0) is 67.2 Å². The number of nitrogens with zero attached hydrogens (tertiary/aromatic N) is 1. The summed E-state index contributed by atoms with van der Waals surface area (Å²) < 4.78 is 10.8. The largest absolute Gasteiger partial charge is 0.462 e. The minimum Gasteiger partial charge on any atom is -0.462 e. The van der Waals surface area contributed by atoms with Gasteiger partial charge in [0.1, 0.15) is 18.1 Å². The van der Waals surface area contributed by atoms with Crippen LogP contribution < -0.4 is 5.32 Å². The van der Waals surface area contributed by atoms with Gasteiger partial charge >= 0.3 is 5.97 Å². The van der Waals surface area contributed by atoms with Gasteiger partial charge in [-0.3, -0.25) is 19.3 Å². The van der Waals surface area contributed by atoms with E-state index in [0.717, 1.165) is 22.2 Å². The summed E-state index contributed by atoms with van der Waals surface area (Å²) in [4.78, 5) is 50.2. The van der Waals surface area contributed by atoms with E-state index in [1.807, 2.05) is 0 Å². The fourth-order valence-corrected chi connectivity index (χ4v) is 4.16. The standard InChI is InChI=1S/C25H19ClN2O6S/c1-2-33-24(31)16-5-3-15(4-6-16)20-12-11-19(34-20)13-21-23(30)28(25(32)35-21)14-22(29)27-18-9-7-17(26)8-10-18/h3-13H,2,14H2,1H3,(H,27,29)/b21-13+. The van der Waals surface area contributed by atoms with Crippen LogP contribution in [0.1, 0.15) is 23.0 Å². The molecule has 1 fully saturated rings. The van der Waals surface area contributed by atoms with E-state index in [4.69, 9.17) is 20.8 Å². The van der Waals surface area contributed by atoms with Gasteiger partial charge in [0.05, 0.1) is 17.1 Å². The number of nitrogens with one attached hydrogen (secondary N) is 1. The molecular formula is C25H19ClN2O6S. The minimum atomic E-state index is -0.581. The van der Waals surface area contributed by atoms with Gasteiger partial charge in [0.2, 0.25) is 5.91 Å². The number of rotatable bonds is 7. The van der Waals surface area contributed by atoms with Crippen molar-refractivity contribution in [3.05, 3.63) is 81.9 Å². The second-order valence-corrected chi connectivity index (χ2v) is 8.75. The fraction of sp³-hybridized carbons (Fsp3) is 0.120. The second kappa shape index (κ2) is 10.6. The quantitative estimate of drug-likeness (QED) is 0.332. The van der Waals surface area contributed by atoms with Gasteiger partial charge in [0.15, 0.2) is 0 Å². The molecule has 0 atom stereocenters. The molecule has 0 saturated carbocycles.